The number of hydrogen-bond donors (Lipinski definition) is 2. The average Bonchev–Trinajstić information content (AvgIpc) is 3.09. The van der Waals surface area contributed by atoms with Gasteiger partial charge < -0.3 is 20.1 Å². The number of amides is 2. The molecule has 5 nitrogen and oxygen atoms in total. The molecule has 0 aromatic heterocycles. The van der Waals surface area contributed by atoms with E-state index in [1.54, 1.807) is 0 Å². The predicted octanol–water partition coefficient (Wildman–Crippen LogP) is 3.52. The first kappa shape index (κ1) is 18.4. The minimum absolute atomic E-state index is 0.0714. The standard InChI is InChI=1S/C19H30N2O3/c1-3-23-17-10-9-15(13-18(17)24-4-2)11-12-20-19(22)21-14-16-7-5-6-8-16/h9-10,13,16H,3-8,11-12,14H2,1-2H3,(H2,20,21,22). The fourth-order valence-corrected chi connectivity index (χ4v) is 3.09. The average molecular weight is 334 g/mol. The maximum absolute atomic E-state index is 11.8. The molecular weight excluding hydrogens is 304 g/mol. The van der Waals surface area contributed by atoms with Gasteiger partial charge in [0, 0.05) is 13.1 Å². The third-order valence-electron chi connectivity index (χ3n) is 4.33. The molecule has 0 aliphatic heterocycles. The predicted molar refractivity (Wildman–Crippen MR) is 95.8 cm³/mol. The van der Waals surface area contributed by atoms with Crippen molar-refractivity contribution in [2.24, 2.45) is 5.92 Å². The molecule has 0 unspecified atom stereocenters. The highest BCUT2D eigenvalue weighted by atomic mass is 16.5. The van der Waals surface area contributed by atoms with Gasteiger partial charge in [0.05, 0.1) is 13.2 Å². The first-order valence-electron chi connectivity index (χ1n) is 9.13. The van der Waals surface area contributed by atoms with Crippen molar-refractivity contribution in [3.63, 3.8) is 0 Å². The van der Waals surface area contributed by atoms with E-state index >= 15 is 0 Å². The maximum Gasteiger partial charge on any atom is 0.314 e. The Morgan fingerprint density at radius 3 is 2.50 bits per heavy atom. The fourth-order valence-electron chi connectivity index (χ4n) is 3.09. The molecule has 2 N–H and O–H groups in total. The SMILES string of the molecule is CCOc1ccc(CCNC(=O)NCC2CCCC2)cc1OCC. The molecular formula is C19H30N2O3. The summed E-state index contributed by atoms with van der Waals surface area (Å²) in [6.07, 6.45) is 5.85. The molecule has 1 saturated carbocycles. The number of ether oxygens (including phenoxy) is 2. The summed E-state index contributed by atoms with van der Waals surface area (Å²) in [5.74, 6) is 2.20. The molecule has 1 aliphatic carbocycles. The van der Waals surface area contributed by atoms with Gasteiger partial charge in [0.2, 0.25) is 0 Å². The molecule has 0 bridgehead atoms. The van der Waals surface area contributed by atoms with E-state index in [1.807, 2.05) is 32.0 Å². The van der Waals surface area contributed by atoms with E-state index in [4.69, 9.17) is 9.47 Å². The number of nitrogens with one attached hydrogen (secondary N) is 2. The van der Waals surface area contributed by atoms with Crippen LogP contribution >= 0.6 is 0 Å². The summed E-state index contributed by atoms with van der Waals surface area (Å²) in [4.78, 5) is 11.8. The summed E-state index contributed by atoms with van der Waals surface area (Å²) >= 11 is 0. The molecule has 0 radical (unpaired) electrons. The van der Waals surface area contributed by atoms with Crippen LogP contribution in [0.1, 0.15) is 45.1 Å². The van der Waals surface area contributed by atoms with Crippen molar-refractivity contribution in [1.29, 1.82) is 0 Å². The van der Waals surface area contributed by atoms with Crippen molar-refractivity contribution < 1.29 is 14.3 Å². The Labute approximate surface area is 145 Å². The fraction of sp³-hybridized carbons (Fsp3) is 0.632. The molecule has 5 heteroatoms. The van der Waals surface area contributed by atoms with Crippen LogP contribution in [0.3, 0.4) is 0 Å². The van der Waals surface area contributed by atoms with Gasteiger partial charge in [-0.3, -0.25) is 0 Å². The van der Waals surface area contributed by atoms with Crippen molar-refractivity contribution in [3.05, 3.63) is 23.8 Å². The van der Waals surface area contributed by atoms with Gasteiger partial charge >= 0.3 is 6.03 Å². The minimum Gasteiger partial charge on any atom is -0.490 e. The van der Waals surface area contributed by atoms with Gasteiger partial charge in [-0.1, -0.05) is 18.9 Å². The topological polar surface area (TPSA) is 59.6 Å². The first-order valence-corrected chi connectivity index (χ1v) is 9.13. The van der Waals surface area contributed by atoms with Gasteiger partial charge in [-0.05, 0) is 56.7 Å². The highest BCUT2D eigenvalue weighted by molar-refractivity contribution is 5.73. The second kappa shape index (κ2) is 10.1. The number of carbonyl (C=O) groups excluding carboxylic acids is 1. The van der Waals surface area contributed by atoms with Crippen molar-refractivity contribution >= 4 is 6.03 Å². The van der Waals surface area contributed by atoms with Gasteiger partial charge in [-0.2, -0.15) is 0 Å². The second-order valence-corrected chi connectivity index (χ2v) is 6.18. The normalized spacial score (nSPS) is 14.4. The Kier molecular flexibility index (Phi) is 7.72. The molecule has 1 aromatic carbocycles. The molecule has 0 heterocycles. The summed E-state index contributed by atoms with van der Waals surface area (Å²) in [5.41, 5.74) is 1.12. The van der Waals surface area contributed by atoms with Crippen LogP contribution in [-0.4, -0.2) is 32.3 Å². The lowest BCUT2D eigenvalue weighted by Gasteiger charge is -2.13. The molecule has 1 aliphatic rings. The Bertz CT molecular complexity index is 513. The summed E-state index contributed by atoms with van der Waals surface area (Å²) in [7, 11) is 0. The molecule has 1 fully saturated rings. The monoisotopic (exact) mass is 334 g/mol. The van der Waals surface area contributed by atoms with Crippen LogP contribution in [0, 0.1) is 5.92 Å². The van der Waals surface area contributed by atoms with Crippen molar-refractivity contribution in [2.45, 2.75) is 46.0 Å². The number of hydrogen-bond acceptors (Lipinski definition) is 3. The zero-order valence-corrected chi connectivity index (χ0v) is 14.9. The van der Waals surface area contributed by atoms with Crippen LogP contribution in [-0.2, 0) is 6.42 Å². The Morgan fingerprint density at radius 2 is 1.79 bits per heavy atom. The summed E-state index contributed by atoms with van der Waals surface area (Å²) in [5, 5.41) is 5.90. The highest BCUT2D eigenvalue weighted by Gasteiger charge is 2.15. The quantitative estimate of drug-likeness (QED) is 0.726. The summed E-state index contributed by atoms with van der Waals surface area (Å²) in [6, 6.07) is 5.88. The Hall–Kier alpha value is -1.91. The van der Waals surface area contributed by atoms with Crippen LogP contribution < -0.4 is 20.1 Å². The number of urea groups is 1. The van der Waals surface area contributed by atoms with Crippen LogP contribution in [0.25, 0.3) is 0 Å². The first-order chi connectivity index (χ1) is 11.7. The zero-order valence-electron chi connectivity index (χ0n) is 14.9. The molecule has 24 heavy (non-hydrogen) atoms. The molecule has 2 amide bonds. The van der Waals surface area contributed by atoms with Crippen LogP contribution in [0.2, 0.25) is 0 Å². The van der Waals surface area contributed by atoms with E-state index < -0.39 is 0 Å². The maximum atomic E-state index is 11.8. The van der Waals surface area contributed by atoms with Crippen molar-refractivity contribution in [1.82, 2.24) is 10.6 Å². The number of carbonyl (C=O) groups is 1. The van der Waals surface area contributed by atoms with Gasteiger partial charge in [0.1, 0.15) is 0 Å². The van der Waals surface area contributed by atoms with E-state index in [-0.39, 0.29) is 6.03 Å². The van der Waals surface area contributed by atoms with E-state index in [0.717, 1.165) is 30.0 Å². The summed E-state index contributed by atoms with van der Waals surface area (Å²) < 4.78 is 11.2. The Morgan fingerprint density at radius 1 is 1.08 bits per heavy atom. The molecule has 2 rings (SSSR count). The van der Waals surface area contributed by atoms with Gasteiger partial charge in [0.15, 0.2) is 11.5 Å². The van der Waals surface area contributed by atoms with E-state index in [1.165, 1.54) is 25.7 Å². The largest absolute Gasteiger partial charge is 0.490 e. The molecule has 1 aromatic rings. The Balaban J connectivity index is 1.74. The smallest absolute Gasteiger partial charge is 0.314 e. The second-order valence-electron chi connectivity index (χ2n) is 6.18. The molecule has 0 atom stereocenters. The van der Waals surface area contributed by atoms with E-state index in [2.05, 4.69) is 10.6 Å². The minimum atomic E-state index is -0.0714. The van der Waals surface area contributed by atoms with E-state index in [0.29, 0.717) is 25.7 Å². The van der Waals surface area contributed by atoms with Crippen molar-refractivity contribution in [3.8, 4) is 11.5 Å². The molecule has 134 valence electrons. The number of benzene rings is 1. The zero-order chi connectivity index (χ0) is 17.2. The van der Waals surface area contributed by atoms with Crippen molar-refractivity contribution in [2.75, 3.05) is 26.3 Å². The highest BCUT2D eigenvalue weighted by Crippen LogP contribution is 2.28. The van der Waals surface area contributed by atoms with Gasteiger partial charge in [-0.15, -0.1) is 0 Å². The lowest BCUT2D eigenvalue weighted by molar-refractivity contribution is 0.239. The molecule has 0 saturated heterocycles. The lowest BCUT2D eigenvalue weighted by Crippen LogP contribution is -2.38. The lowest BCUT2D eigenvalue weighted by atomic mass is 10.1. The van der Waals surface area contributed by atoms with Crippen LogP contribution in [0.4, 0.5) is 4.79 Å². The van der Waals surface area contributed by atoms with Crippen LogP contribution in [0.5, 0.6) is 11.5 Å². The van der Waals surface area contributed by atoms with Gasteiger partial charge in [-0.25, -0.2) is 4.79 Å². The van der Waals surface area contributed by atoms with Crippen LogP contribution in [0.15, 0.2) is 18.2 Å². The van der Waals surface area contributed by atoms with E-state index in [9.17, 15) is 4.79 Å². The molecule has 0 spiro atoms. The number of rotatable bonds is 9. The summed E-state index contributed by atoms with van der Waals surface area (Å²) in [6.45, 7) is 6.53. The third-order valence-corrected chi connectivity index (χ3v) is 4.33. The van der Waals surface area contributed by atoms with Gasteiger partial charge in [0.25, 0.3) is 0 Å². The third kappa shape index (κ3) is 5.95.